The molecule has 0 aliphatic heterocycles. The molecule has 1 N–H and O–H groups in total. The van der Waals surface area contributed by atoms with E-state index < -0.39 is 0 Å². The van der Waals surface area contributed by atoms with Crippen molar-refractivity contribution in [3.8, 4) is 17.6 Å². The summed E-state index contributed by atoms with van der Waals surface area (Å²) in [6, 6.07) is 10.3. The van der Waals surface area contributed by atoms with E-state index in [0.29, 0.717) is 11.6 Å². The summed E-state index contributed by atoms with van der Waals surface area (Å²) in [5.74, 6) is 0.907. The minimum atomic E-state index is 0.524. The van der Waals surface area contributed by atoms with Crippen molar-refractivity contribution in [2.45, 2.75) is 18.9 Å². The molecule has 4 rings (SSSR count). The molecule has 5 nitrogen and oxygen atoms in total. The molecule has 1 fully saturated rings. The molecule has 19 heavy (non-hydrogen) atoms. The molecule has 1 aromatic carbocycles. The molecular formula is C14H11N5. The van der Waals surface area contributed by atoms with Gasteiger partial charge in [0.2, 0.25) is 0 Å². The first kappa shape index (κ1) is 10.3. The third kappa shape index (κ3) is 1.54. The summed E-state index contributed by atoms with van der Waals surface area (Å²) in [7, 11) is 0. The molecule has 0 unspecified atom stereocenters. The van der Waals surface area contributed by atoms with Crippen LogP contribution in [0.25, 0.3) is 22.6 Å². The van der Waals surface area contributed by atoms with Gasteiger partial charge in [-0.2, -0.15) is 10.4 Å². The zero-order valence-electron chi connectivity index (χ0n) is 10.2. The molecule has 0 spiro atoms. The maximum Gasteiger partial charge on any atom is 0.159 e. The summed E-state index contributed by atoms with van der Waals surface area (Å²) in [5, 5.41) is 15.9. The Morgan fingerprint density at radius 3 is 2.89 bits per heavy atom. The number of hydrogen-bond acceptors (Lipinski definition) is 3. The number of aromatic amines is 1. The van der Waals surface area contributed by atoms with Crippen molar-refractivity contribution in [1.29, 1.82) is 5.26 Å². The highest BCUT2D eigenvalue weighted by Gasteiger charge is 2.29. The van der Waals surface area contributed by atoms with Gasteiger partial charge in [-0.25, -0.2) is 4.98 Å². The third-order valence-electron chi connectivity index (χ3n) is 3.47. The highest BCUT2D eigenvalue weighted by molar-refractivity contribution is 5.81. The van der Waals surface area contributed by atoms with Gasteiger partial charge >= 0.3 is 0 Å². The highest BCUT2D eigenvalue weighted by Crippen LogP contribution is 2.40. The molecule has 0 radical (unpaired) electrons. The van der Waals surface area contributed by atoms with E-state index in [1.807, 2.05) is 24.3 Å². The first-order chi connectivity index (χ1) is 9.36. The van der Waals surface area contributed by atoms with Crippen molar-refractivity contribution in [2.24, 2.45) is 0 Å². The Bertz CT molecular complexity index is 787. The molecule has 2 aromatic heterocycles. The molecular weight excluding hydrogens is 238 g/mol. The van der Waals surface area contributed by atoms with E-state index in [4.69, 9.17) is 5.26 Å². The molecule has 0 saturated heterocycles. The van der Waals surface area contributed by atoms with Crippen molar-refractivity contribution >= 4 is 11.0 Å². The second-order valence-corrected chi connectivity index (χ2v) is 4.82. The molecule has 2 heterocycles. The van der Waals surface area contributed by atoms with Gasteiger partial charge in [-0.15, -0.1) is 0 Å². The average molecular weight is 249 g/mol. The van der Waals surface area contributed by atoms with Gasteiger partial charge in [0.15, 0.2) is 5.82 Å². The van der Waals surface area contributed by atoms with Crippen LogP contribution >= 0.6 is 0 Å². The summed E-state index contributed by atoms with van der Waals surface area (Å²) in [4.78, 5) is 4.67. The van der Waals surface area contributed by atoms with Crippen molar-refractivity contribution in [2.75, 3.05) is 0 Å². The smallest absolute Gasteiger partial charge is 0.159 e. The van der Waals surface area contributed by atoms with Crippen LogP contribution in [0.3, 0.4) is 0 Å². The molecule has 3 aromatic rings. The van der Waals surface area contributed by atoms with Gasteiger partial charge in [0.1, 0.15) is 5.69 Å². The SMILES string of the molecule is N#Cc1ccc2c(c1)nc(-c1ccn[nH]1)n2C1CC1. The lowest BCUT2D eigenvalue weighted by Crippen LogP contribution is -1.97. The largest absolute Gasteiger partial charge is 0.320 e. The van der Waals surface area contributed by atoms with E-state index >= 15 is 0 Å². The van der Waals surface area contributed by atoms with Crippen molar-refractivity contribution in [3.63, 3.8) is 0 Å². The second-order valence-electron chi connectivity index (χ2n) is 4.82. The molecule has 1 saturated carbocycles. The van der Waals surface area contributed by atoms with E-state index in [9.17, 15) is 0 Å². The van der Waals surface area contributed by atoms with Crippen molar-refractivity contribution in [1.82, 2.24) is 19.7 Å². The molecule has 0 atom stereocenters. The maximum atomic E-state index is 8.98. The minimum Gasteiger partial charge on any atom is -0.320 e. The highest BCUT2D eigenvalue weighted by atomic mass is 15.2. The minimum absolute atomic E-state index is 0.524. The molecule has 92 valence electrons. The van der Waals surface area contributed by atoms with Crippen LogP contribution in [0, 0.1) is 11.3 Å². The molecule has 5 heteroatoms. The van der Waals surface area contributed by atoms with Gasteiger partial charge in [-0.1, -0.05) is 0 Å². The van der Waals surface area contributed by atoms with Gasteiger partial charge in [0, 0.05) is 12.2 Å². The zero-order valence-corrected chi connectivity index (χ0v) is 10.2. The fourth-order valence-electron chi connectivity index (χ4n) is 2.44. The topological polar surface area (TPSA) is 70.3 Å². The Morgan fingerprint density at radius 1 is 1.32 bits per heavy atom. The number of nitriles is 1. The van der Waals surface area contributed by atoms with E-state index in [-0.39, 0.29) is 0 Å². The summed E-state index contributed by atoms with van der Waals surface area (Å²) in [5.41, 5.74) is 3.52. The number of H-pyrrole nitrogens is 1. The average Bonchev–Trinajstić information content (AvgIpc) is 3.01. The monoisotopic (exact) mass is 249 g/mol. The second kappa shape index (κ2) is 3.69. The van der Waals surface area contributed by atoms with Crippen LogP contribution in [0.4, 0.5) is 0 Å². The first-order valence-corrected chi connectivity index (χ1v) is 6.28. The van der Waals surface area contributed by atoms with Gasteiger partial charge in [-0.3, -0.25) is 5.10 Å². The molecule has 1 aliphatic carbocycles. The van der Waals surface area contributed by atoms with Gasteiger partial charge in [0.05, 0.1) is 22.7 Å². The quantitative estimate of drug-likeness (QED) is 0.759. The maximum absolute atomic E-state index is 8.98. The Hall–Kier alpha value is -2.61. The van der Waals surface area contributed by atoms with E-state index in [1.54, 1.807) is 6.20 Å². The summed E-state index contributed by atoms with van der Waals surface area (Å²) in [6.07, 6.45) is 4.10. The van der Waals surface area contributed by atoms with E-state index in [1.165, 1.54) is 12.8 Å². The number of benzene rings is 1. The summed E-state index contributed by atoms with van der Waals surface area (Å²) in [6.45, 7) is 0. The van der Waals surface area contributed by atoms with Gasteiger partial charge < -0.3 is 4.57 Å². The Morgan fingerprint density at radius 2 is 2.21 bits per heavy atom. The van der Waals surface area contributed by atoms with Crippen LogP contribution < -0.4 is 0 Å². The standard InChI is InChI=1S/C14H11N5/c15-8-9-1-4-13-12(7-9)17-14(11-5-6-16-18-11)19(13)10-2-3-10/h1,4-7,10H,2-3H2,(H,16,18). The molecule has 0 amide bonds. The lowest BCUT2D eigenvalue weighted by molar-refractivity contribution is 0.771. The van der Waals surface area contributed by atoms with E-state index in [0.717, 1.165) is 22.6 Å². The van der Waals surface area contributed by atoms with Crippen molar-refractivity contribution in [3.05, 3.63) is 36.0 Å². The number of hydrogen-bond donors (Lipinski definition) is 1. The van der Waals surface area contributed by atoms with Gasteiger partial charge in [-0.05, 0) is 37.1 Å². The van der Waals surface area contributed by atoms with Crippen molar-refractivity contribution < 1.29 is 0 Å². The Balaban J connectivity index is 2.02. The fraction of sp³-hybridized carbons (Fsp3) is 0.214. The number of rotatable bonds is 2. The zero-order chi connectivity index (χ0) is 12.8. The third-order valence-corrected chi connectivity index (χ3v) is 3.47. The number of imidazole rings is 1. The number of nitrogens with one attached hydrogen (secondary N) is 1. The molecule has 0 bridgehead atoms. The normalized spacial score (nSPS) is 14.7. The molecule has 1 aliphatic rings. The van der Waals surface area contributed by atoms with Gasteiger partial charge in [0.25, 0.3) is 0 Å². The van der Waals surface area contributed by atoms with Crippen LogP contribution in [-0.2, 0) is 0 Å². The number of nitrogens with zero attached hydrogens (tertiary/aromatic N) is 4. The lowest BCUT2D eigenvalue weighted by Gasteiger charge is -2.05. The number of aromatic nitrogens is 4. The van der Waals surface area contributed by atoms with Crippen LogP contribution in [0.5, 0.6) is 0 Å². The van der Waals surface area contributed by atoms with E-state index in [2.05, 4.69) is 25.8 Å². The van der Waals surface area contributed by atoms with Crippen LogP contribution in [0.2, 0.25) is 0 Å². The predicted molar refractivity (Wildman–Crippen MR) is 70.3 cm³/mol. The lowest BCUT2D eigenvalue weighted by atomic mass is 10.2. The summed E-state index contributed by atoms with van der Waals surface area (Å²) >= 11 is 0. The fourth-order valence-corrected chi connectivity index (χ4v) is 2.44. The van der Waals surface area contributed by atoms with Crippen LogP contribution in [-0.4, -0.2) is 19.7 Å². The Kier molecular flexibility index (Phi) is 2.00. The summed E-state index contributed by atoms with van der Waals surface area (Å²) < 4.78 is 2.25. The predicted octanol–water partition coefficient (Wildman–Crippen LogP) is 2.63. The first-order valence-electron chi connectivity index (χ1n) is 6.28. The van der Waals surface area contributed by atoms with Crippen LogP contribution in [0.1, 0.15) is 24.4 Å². The van der Waals surface area contributed by atoms with Crippen LogP contribution in [0.15, 0.2) is 30.5 Å². The number of fused-ring (bicyclic) bond motifs is 1. The Labute approximate surface area is 109 Å².